The van der Waals surface area contributed by atoms with Crippen molar-refractivity contribution >= 4 is 34.6 Å². The van der Waals surface area contributed by atoms with E-state index in [1.54, 1.807) is 0 Å². The third-order valence-corrected chi connectivity index (χ3v) is 2.65. The molecule has 7 heteroatoms. The molecule has 0 aliphatic rings. The normalized spacial score (nSPS) is 11.2. The second-order valence-corrected chi connectivity index (χ2v) is 4.39. The Labute approximate surface area is 114 Å². The highest BCUT2D eigenvalue weighted by molar-refractivity contribution is 7.80. The van der Waals surface area contributed by atoms with Crippen LogP contribution < -0.4 is 10.6 Å². The summed E-state index contributed by atoms with van der Waals surface area (Å²) >= 11 is 10.7. The maximum absolute atomic E-state index is 12.5. The van der Waals surface area contributed by atoms with E-state index < -0.39 is 11.7 Å². The minimum atomic E-state index is -4.40. The van der Waals surface area contributed by atoms with Crippen LogP contribution in [0.2, 0.25) is 5.02 Å². The molecule has 0 saturated heterocycles. The maximum atomic E-state index is 12.5. The summed E-state index contributed by atoms with van der Waals surface area (Å²) in [5.74, 6) is 0. The smallest absolute Gasteiger partial charge is 0.362 e. The van der Waals surface area contributed by atoms with E-state index in [-0.39, 0.29) is 15.8 Å². The van der Waals surface area contributed by atoms with Gasteiger partial charge in [0.1, 0.15) is 0 Å². The summed E-state index contributed by atoms with van der Waals surface area (Å²) in [6.45, 7) is 2.59. The number of halogens is 4. The molecule has 0 spiro atoms. The van der Waals surface area contributed by atoms with Crippen LogP contribution >= 0.6 is 23.8 Å². The first kappa shape index (κ1) is 15.0. The number of anilines is 1. The van der Waals surface area contributed by atoms with Crippen molar-refractivity contribution in [1.29, 1.82) is 0 Å². The quantitative estimate of drug-likeness (QED) is 0.823. The van der Waals surface area contributed by atoms with Crippen molar-refractivity contribution in [1.82, 2.24) is 5.32 Å². The molecule has 0 bridgehead atoms. The Bertz CT molecular complexity index is 435. The van der Waals surface area contributed by atoms with E-state index in [9.17, 15) is 13.2 Å². The molecule has 0 aliphatic heterocycles. The topological polar surface area (TPSA) is 24.1 Å². The summed E-state index contributed by atoms with van der Waals surface area (Å²) in [5.41, 5.74) is -0.632. The third kappa shape index (κ3) is 4.34. The number of hydrogen-bond donors (Lipinski definition) is 2. The lowest BCUT2D eigenvalue weighted by molar-refractivity contribution is -0.137. The molecule has 100 valence electrons. The molecular formula is C11H12ClF3N2S. The fourth-order valence-electron chi connectivity index (χ4n) is 1.20. The van der Waals surface area contributed by atoms with Gasteiger partial charge in [0.15, 0.2) is 5.11 Å². The van der Waals surface area contributed by atoms with Gasteiger partial charge >= 0.3 is 6.18 Å². The molecule has 0 heterocycles. The fraction of sp³-hybridized carbons (Fsp3) is 0.364. The molecular weight excluding hydrogens is 285 g/mol. The average molecular weight is 297 g/mol. The molecule has 2 nitrogen and oxygen atoms in total. The van der Waals surface area contributed by atoms with Crippen LogP contribution in [0.25, 0.3) is 0 Å². The minimum absolute atomic E-state index is 0.139. The number of rotatable bonds is 3. The van der Waals surface area contributed by atoms with Gasteiger partial charge in [-0.25, -0.2) is 0 Å². The number of thiocarbonyl (C=S) groups is 1. The first-order chi connectivity index (χ1) is 8.34. The summed E-state index contributed by atoms with van der Waals surface area (Å²) in [5, 5.41) is 5.92. The molecule has 0 fully saturated rings. The van der Waals surface area contributed by atoms with Gasteiger partial charge in [0.25, 0.3) is 0 Å². The van der Waals surface area contributed by atoms with E-state index in [0.29, 0.717) is 6.54 Å². The van der Waals surface area contributed by atoms with Gasteiger partial charge in [-0.1, -0.05) is 18.5 Å². The molecule has 1 aromatic rings. The van der Waals surface area contributed by atoms with Gasteiger partial charge in [0.2, 0.25) is 0 Å². The fourth-order valence-corrected chi connectivity index (χ4v) is 1.58. The number of hydrogen-bond acceptors (Lipinski definition) is 1. The van der Waals surface area contributed by atoms with Crippen LogP contribution in [0.1, 0.15) is 18.9 Å². The van der Waals surface area contributed by atoms with Crippen molar-refractivity contribution in [3.05, 3.63) is 28.8 Å². The van der Waals surface area contributed by atoms with Crippen molar-refractivity contribution in [2.45, 2.75) is 19.5 Å². The Morgan fingerprint density at radius 1 is 1.39 bits per heavy atom. The standard InChI is InChI=1S/C11H12ClF3N2S/c1-2-5-16-10(18)17-9-6-7(11(13,14)15)3-4-8(9)12/h3-4,6H,2,5H2,1H3,(H2,16,17,18). The molecule has 1 rings (SSSR count). The molecule has 0 unspecified atom stereocenters. The van der Waals surface area contributed by atoms with Crippen molar-refractivity contribution in [2.75, 3.05) is 11.9 Å². The summed E-state index contributed by atoms with van der Waals surface area (Å²) in [6.07, 6.45) is -3.54. The van der Waals surface area contributed by atoms with E-state index in [4.69, 9.17) is 23.8 Å². The van der Waals surface area contributed by atoms with Crippen molar-refractivity contribution in [3.63, 3.8) is 0 Å². The lowest BCUT2D eigenvalue weighted by Gasteiger charge is -2.13. The van der Waals surface area contributed by atoms with Gasteiger partial charge in [0.05, 0.1) is 16.3 Å². The second-order valence-electron chi connectivity index (χ2n) is 3.57. The highest BCUT2D eigenvalue weighted by atomic mass is 35.5. The average Bonchev–Trinajstić information content (AvgIpc) is 2.28. The van der Waals surface area contributed by atoms with Gasteiger partial charge in [0, 0.05) is 6.54 Å². The molecule has 1 aromatic carbocycles. The predicted molar refractivity (Wildman–Crippen MR) is 71.0 cm³/mol. The van der Waals surface area contributed by atoms with Gasteiger partial charge in [-0.15, -0.1) is 0 Å². The van der Waals surface area contributed by atoms with Crippen molar-refractivity contribution in [3.8, 4) is 0 Å². The predicted octanol–water partition coefficient (Wildman–Crippen LogP) is 4.06. The third-order valence-electron chi connectivity index (χ3n) is 2.08. The van der Waals surface area contributed by atoms with Crippen LogP contribution in [0.3, 0.4) is 0 Å². The summed E-state index contributed by atoms with van der Waals surface area (Å²) in [4.78, 5) is 0. The highest BCUT2D eigenvalue weighted by Gasteiger charge is 2.31. The Balaban J connectivity index is 2.85. The summed E-state index contributed by atoms with van der Waals surface area (Å²) < 4.78 is 37.6. The molecule has 0 aromatic heterocycles. The lowest BCUT2D eigenvalue weighted by atomic mass is 10.2. The van der Waals surface area contributed by atoms with Crippen LogP contribution in [0.5, 0.6) is 0 Å². The molecule has 18 heavy (non-hydrogen) atoms. The largest absolute Gasteiger partial charge is 0.416 e. The van der Waals surface area contributed by atoms with Crippen LogP contribution in [0.15, 0.2) is 18.2 Å². The molecule has 0 radical (unpaired) electrons. The van der Waals surface area contributed by atoms with Crippen LogP contribution in [-0.4, -0.2) is 11.7 Å². The SMILES string of the molecule is CCCNC(=S)Nc1cc(C(F)(F)F)ccc1Cl. The lowest BCUT2D eigenvalue weighted by Crippen LogP contribution is -2.29. The Morgan fingerprint density at radius 3 is 2.61 bits per heavy atom. The van der Waals surface area contributed by atoms with Gasteiger partial charge < -0.3 is 10.6 Å². The Morgan fingerprint density at radius 2 is 2.06 bits per heavy atom. The summed E-state index contributed by atoms with van der Waals surface area (Å²) in [7, 11) is 0. The van der Waals surface area contributed by atoms with Crippen LogP contribution in [0.4, 0.5) is 18.9 Å². The Hall–Kier alpha value is -1.01. The molecule has 0 aliphatic carbocycles. The van der Waals surface area contributed by atoms with E-state index in [2.05, 4.69) is 10.6 Å². The van der Waals surface area contributed by atoms with Crippen LogP contribution in [-0.2, 0) is 6.18 Å². The van der Waals surface area contributed by atoms with Gasteiger partial charge in [-0.05, 0) is 36.8 Å². The minimum Gasteiger partial charge on any atom is -0.362 e. The van der Waals surface area contributed by atoms with E-state index in [1.165, 1.54) is 6.07 Å². The van der Waals surface area contributed by atoms with Crippen molar-refractivity contribution < 1.29 is 13.2 Å². The Kier molecular flexibility index (Phi) is 5.22. The zero-order valence-electron chi connectivity index (χ0n) is 9.57. The number of benzene rings is 1. The first-order valence-corrected chi connectivity index (χ1v) is 6.04. The zero-order chi connectivity index (χ0) is 13.8. The van der Waals surface area contributed by atoms with E-state index in [0.717, 1.165) is 18.6 Å². The van der Waals surface area contributed by atoms with E-state index >= 15 is 0 Å². The number of nitrogens with one attached hydrogen (secondary N) is 2. The summed E-state index contributed by atoms with van der Waals surface area (Å²) in [6, 6.07) is 3.05. The highest BCUT2D eigenvalue weighted by Crippen LogP contribution is 2.33. The van der Waals surface area contributed by atoms with Gasteiger partial charge in [-0.3, -0.25) is 0 Å². The second kappa shape index (κ2) is 6.24. The number of alkyl halides is 3. The van der Waals surface area contributed by atoms with Crippen molar-refractivity contribution in [2.24, 2.45) is 0 Å². The first-order valence-electron chi connectivity index (χ1n) is 5.26. The molecule has 2 N–H and O–H groups in total. The van der Waals surface area contributed by atoms with Crippen LogP contribution in [0, 0.1) is 0 Å². The molecule has 0 amide bonds. The maximum Gasteiger partial charge on any atom is 0.416 e. The molecule has 0 atom stereocenters. The molecule has 0 saturated carbocycles. The van der Waals surface area contributed by atoms with E-state index in [1.807, 2.05) is 6.92 Å². The zero-order valence-corrected chi connectivity index (χ0v) is 11.1. The van der Waals surface area contributed by atoms with Gasteiger partial charge in [-0.2, -0.15) is 13.2 Å². The monoisotopic (exact) mass is 296 g/mol.